The van der Waals surface area contributed by atoms with E-state index in [1.54, 1.807) is 17.4 Å². The molecule has 1 amide bonds. The maximum absolute atomic E-state index is 12.2. The minimum atomic E-state index is -0.167. The molecule has 3 aromatic rings. The molecule has 0 saturated carbocycles. The molecule has 2 N–H and O–H groups in total. The van der Waals surface area contributed by atoms with Gasteiger partial charge in [0, 0.05) is 10.4 Å². The summed E-state index contributed by atoms with van der Waals surface area (Å²) in [6, 6.07) is 11.5. The lowest BCUT2D eigenvalue weighted by Gasteiger charge is -2.01. The summed E-state index contributed by atoms with van der Waals surface area (Å²) in [5.41, 5.74) is 3.16. The first-order valence-electron chi connectivity index (χ1n) is 6.95. The molecule has 2 aromatic heterocycles. The maximum Gasteiger partial charge on any atom is 0.269 e. The van der Waals surface area contributed by atoms with E-state index in [1.165, 1.54) is 0 Å². The van der Waals surface area contributed by atoms with Crippen LogP contribution in [0, 0.1) is 13.8 Å². The van der Waals surface area contributed by atoms with Crippen molar-refractivity contribution in [2.24, 2.45) is 0 Å². The second-order valence-electron chi connectivity index (χ2n) is 4.96. The Balaban J connectivity index is 1.68. The summed E-state index contributed by atoms with van der Waals surface area (Å²) in [5.74, 6) is -0.167. The highest BCUT2D eigenvalue weighted by Crippen LogP contribution is 2.18. The summed E-state index contributed by atoms with van der Waals surface area (Å²) < 4.78 is 0. The van der Waals surface area contributed by atoms with Crippen molar-refractivity contribution in [1.29, 1.82) is 0 Å². The Bertz CT molecular complexity index is 792. The van der Waals surface area contributed by atoms with Crippen LogP contribution in [-0.4, -0.2) is 21.1 Å². The SMILES string of the molecule is Cc1nc(C)c(CNC(=O)c2cc(-c3ccccc3)n[nH]2)s1. The molecule has 2 heterocycles. The van der Waals surface area contributed by atoms with Gasteiger partial charge in [0.05, 0.1) is 22.9 Å². The van der Waals surface area contributed by atoms with Crippen LogP contribution in [0.4, 0.5) is 0 Å². The minimum Gasteiger partial charge on any atom is -0.346 e. The van der Waals surface area contributed by atoms with E-state index >= 15 is 0 Å². The number of hydrogen-bond donors (Lipinski definition) is 2. The number of aromatic amines is 1. The number of carbonyl (C=O) groups excluding carboxylic acids is 1. The van der Waals surface area contributed by atoms with Crippen LogP contribution in [0.25, 0.3) is 11.3 Å². The molecule has 0 unspecified atom stereocenters. The molecule has 0 aliphatic heterocycles. The molecule has 0 spiro atoms. The maximum atomic E-state index is 12.2. The Morgan fingerprint density at radius 3 is 2.73 bits per heavy atom. The van der Waals surface area contributed by atoms with E-state index in [2.05, 4.69) is 20.5 Å². The molecule has 0 saturated heterocycles. The number of carbonyl (C=O) groups is 1. The van der Waals surface area contributed by atoms with Crippen molar-refractivity contribution in [3.05, 3.63) is 57.7 Å². The summed E-state index contributed by atoms with van der Waals surface area (Å²) in [4.78, 5) is 17.6. The number of amides is 1. The van der Waals surface area contributed by atoms with Gasteiger partial charge in [-0.15, -0.1) is 11.3 Å². The number of rotatable bonds is 4. The first-order chi connectivity index (χ1) is 10.6. The zero-order valence-corrected chi connectivity index (χ0v) is 13.2. The second kappa shape index (κ2) is 6.11. The molecule has 0 radical (unpaired) electrons. The van der Waals surface area contributed by atoms with Crippen molar-refractivity contribution in [1.82, 2.24) is 20.5 Å². The lowest BCUT2D eigenvalue weighted by atomic mass is 10.1. The van der Waals surface area contributed by atoms with Crippen molar-refractivity contribution < 1.29 is 4.79 Å². The summed E-state index contributed by atoms with van der Waals surface area (Å²) >= 11 is 1.60. The first kappa shape index (κ1) is 14.5. The van der Waals surface area contributed by atoms with Gasteiger partial charge in [0.15, 0.2) is 0 Å². The number of thiazole rings is 1. The van der Waals surface area contributed by atoms with Crippen molar-refractivity contribution in [2.45, 2.75) is 20.4 Å². The fourth-order valence-corrected chi connectivity index (χ4v) is 3.06. The third-order valence-electron chi connectivity index (χ3n) is 3.30. The molecule has 0 bridgehead atoms. The normalized spacial score (nSPS) is 10.6. The van der Waals surface area contributed by atoms with Gasteiger partial charge in [0.1, 0.15) is 5.69 Å². The standard InChI is InChI=1S/C16H16N4OS/c1-10-15(22-11(2)18-10)9-17-16(21)14-8-13(19-20-14)12-6-4-3-5-7-12/h3-8H,9H2,1-2H3,(H,17,21)(H,19,20). The molecule has 3 rings (SSSR count). The van der Waals surface area contributed by atoms with Crippen LogP contribution in [-0.2, 0) is 6.54 Å². The molecule has 22 heavy (non-hydrogen) atoms. The van der Waals surface area contributed by atoms with Gasteiger partial charge in [-0.3, -0.25) is 9.89 Å². The molecule has 5 nitrogen and oxygen atoms in total. The van der Waals surface area contributed by atoms with Gasteiger partial charge in [0.25, 0.3) is 5.91 Å². The third kappa shape index (κ3) is 3.07. The van der Waals surface area contributed by atoms with Crippen molar-refractivity contribution in [2.75, 3.05) is 0 Å². The van der Waals surface area contributed by atoms with Crippen LogP contribution in [0.5, 0.6) is 0 Å². The average molecular weight is 312 g/mol. The van der Waals surface area contributed by atoms with E-state index in [1.807, 2.05) is 44.2 Å². The number of H-pyrrole nitrogens is 1. The molecule has 112 valence electrons. The van der Waals surface area contributed by atoms with Gasteiger partial charge in [-0.2, -0.15) is 5.10 Å². The Hall–Kier alpha value is -2.47. The predicted molar refractivity (Wildman–Crippen MR) is 86.8 cm³/mol. The van der Waals surface area contributed by atoms with Gasteiger partial charge in [-0.05, 0) is 19.9 Å². The molecular formula is C16H16N4OS. The van der Waals surface area contributed by atoms with Crippen molar-refractivity contribution in [3.8, 4) is 11.3 Å². The smallest absolute Gasteiger partial charge is 0.269 e. The fourth-order valence-electron chi connectivity index (χ4n) is 2.19. The zero-order chi connectivity index (χ0) is 15.5. The van der Waals surface area contributed by atoms with E-state index in [4.69, 9.17) is 0 Å². The van der Waals surface area contributed by atoms with Gasteiger partial charge >= 0.3 is 0 Å². The van der Waals surface area contributed by atoms with E-state index in [0.29, 0.717) is 12.2 Å². The van der Waals surface area contributed by atoms with E-state index < -0.39 is 0 Å². The second-order valence-corrected chi connectivity index (χ2v) is 6.24. The molecule has 0 atom stereocenters. The fraction of sp³-hybridized carbons (Fsp3) is 0.188. The van der Waals surface area contributed by atoms with Crippen LogP contribution in [0.2, 0.25) is 0 Å². The Morgan fingerprint density at radius 1 is 1.27 bits per heavy atom. The van der Waals surface area contributed by atoms with Crippen molar-refractivity contribution >= 4 is 17.2 Å². The zero-order valence-electron chi connectivity index (χ0n) is 12.4. The number of nitrogens with one attached hydrogen (secondary N) is 2. The van der Waals surface area contributed by atoms with Crippen LogP contribution in [0.1, 0.15) is 26.1 Å². The van der Waals surface area contributed by atoms with Gasteiger partial charge in [-0.25, -0.2) is 4.98 Å². The largest absolute Gasteiger partial charge is 0.346 e. The van der Waals surface area contributed by atoms with Crippen molar-refractivity contribution in [3.63, 3.8) is 0 Å². The highest BCUT2D eigenvalue weighted by molar-refractivity contribution is 7.11. The number of benzene rings is 1. The van der Waals surface area contributed by atoms with Gasteiger partial charge < -0.3 is 5.32 Å². The predicted octanol–water partition coefficient (Wildman–Crippen LogP) is 3.08. The average Bonchev–Trinajstić information content (AvgIpc) is 3.12. The molecule has 0 aliphatic carbocycles. The van der Waals surface area contributed by atoms with Crippen LogP contribution in [0.15, 0.2) is 36.4 Å². The Kier molecular flexibility index (Phi) is 4.02. The highest BCUT2D eigenvalue weighted by Gasteiger charge is 2.12. The number of aromatic nitrogens is 3. The Morgan fingerprint density at radius 2 is 2.05 bits per heavy atom. The molecule has 0 fully saturated rings. The topological polar surface area (TPSA) is 70.7 Å². The summed E-state index contributed by atoms with van der Waals surface area (Å²) in [6.45, 7) is 4.40. The number of aryl methyl sites for hydroxylation is 2. The first-order valence-corrected chi connectivity index (χ1v) is 7.77. The third-order valence-corrected chi connectivity index (χ3v) is 4.37. The minimum absolute atomic E-state index is 0.167. The monoisotopic (exact) mass is 312 g/mol. The van der Waals surface area contributed by atoms with Crippen LogP contribution in [0.3, 0.4) is 0 Å². The number of nitrogens with zero attached hydrogens (tertiary/aromatic N) is 2. The van der Waals surface area contributed by atoms with E-state index in [0.717, 1.165) is 26.8 Å². The van der Waals surface area contributed by atoms with Gasteiger partial charge in [0.2, 0.25) is 0 Å². The lowest BCUT2D eigenvalue weighted by Crippen LogP contribution is -2.23. The van der Waals surface area contributed by atoms with E-state index in [-0.39, 0.29) is 5.91 Å². The van der Waals surface area contributed by atoms with E-state index in [9.17, 15) is 4.79 Å². The molecular weight excluding hydrogens is 296 g/mol. The lowest BCUT2D eigenvalue weighted by molar-refractivity contribution is 0.0946. The molecule has 6 heteroatoms. The number of hydrogen-bond acceptors (Lipinski definition) is 4. The highest BCUT2D eigenvalue weighted by atomic mass is 32.1. The summed E-state index contributed by atoms with van der Waals surface area (Å²) in [7, 11) is 0. The quantitative estimate of drug-likeness (QED) is 0.777. The molecule has 0 aliphatic rings. The summed E-state index contributed by atoms with van der Waals surface area (Å²) in [5, 5.41) is 10.9. The van der Waals surface area contributed by atoms with Crippen LogP contribution < -0.4 is 5.32 Å². The Labute approximate surface area is 132 Å². The van der Waals surface area contributed by atoms with Gasteiger partial charge in [-0.1, -0.05) is 30.3 Å². The van der Waals surface area contributed by atoms with Crippen LogP contribution >= 0.6 is 11.3 Å². The molecule has 1 aromatic carbocycles. The summed E-state index contributed by atoms with van der Waals surface area (Å²) in [6.07, 6.45) is 0.